The predicted octanol–water partition coefficient (Wildman–Crippen LogP) is 1.97. The number of anilines is 1. The average molecular weight is 453 g/mol. The number of hydrogen-bond donors (Lipinski definition) is 2. The number of carbonyl (C=O) groups excluding carboxylic acids is 5. The van der Waals surface area contributed by atoms with Crippen LogP contribution in [0.5, 0.6) is 0 Å². The number of nitrogens with zero attached hydrogens (tertiary/aromatic N) is 1. The molecule has 0 spiro atoms. The standard InChI is InChI=1S/C23H23N3O7/c1-13-5-7-16(8-6-13)23(2)21(30)26(22(31)25-23)12-18(27)24-17-10-14(19(28)32-3)9-15(11-17)20(29)33-4/h5-11H,12H2,1-4H3,(H,24,27)(H,25,31). The zero-order valence-electron chi connectivity index (χ0n) is 18.6. The van der Waals surface area contributed by atoms with Gasteiger partial charge in [0.15, 0.2) is 0 Å². The fourth-order valence-electron chi connectivity index (χ4n) is 3.44. The summed E-state index contributed by atoms with van der Waals surface area (Å²) in [7, 11) is 2.35. The molecule has 172 valence electrons. The van der Waals surface area contributed by atoms with Gasteiger partial charge >= 0.3 is 18.0 Å². The molecule has 0 aromatic heterocycles. The fourth-order valence-corrected chi connectivity index (χ4v) is 3.44. The number of aryl methyl sites for hydroxylation is 1. The molecule has 1 aliphatic rings. The lowest BCUT2D eigenvalue weighted by Gasteiger charge is -2.22. The number of urea groups is 1. The monoisotopic (exact) mass is 453 g/mol. The molecular weight excluding hydrogens is 430 g/mol. The topological polar surface area (TPSA) is 131 Å². The van der Waals surface area contributed by atoms with E-state index >= 15 is 0 Å². The molecular formula is C23H23N3O7. The van der Waals surface area contributed by atoms with E-state index in [4.69, 9.17) is 0 Å². The summed E-state index contributed by atoms with van der Waals surface area (Å²) in [6, 6.07) is 10.3. The Morgan fingerprint density at radius 2 is 1.52 bits per heavy atom. The van der Waals surface area contributed by atoms with Crippen molar-refractivity contribution in [2.75, 3.05) is 26.1 Å². The number of imide groups is 1. The molecule has 2 N–H and O–H groups in total. The predicted molar refractivity (Wildman–Crippen MR) is 117 cm³/mol. The molecule has 1 unspecified atom stereocenters. The van der Waals surface area contributed by atoms with Gasteiger partial charge in [0.25, 0.3) is 5.91 Å². The maximum absolute atomic E-state index is 13.0. The van der Waals surface area contributed by atoms with Crippen molar-refractivity contribution in [1.82, 2.24) is 10.2 Å². The van der Waals surface area contributed by atoms with Gasteiger partial charge in [0.1, 0.15) is 12.1 Å². The van der Waals surface area contributed by atoms with Gasteiger partial charge in [-0.2, -0.15) is 0 Å². The molecule has 3 rings (SSSR count). The Labute approximate surface area is 189 Å². The largest absolute Gasteiger partial charge is 0.465 e. The van der Waals surface area contributed by atoms with Crippen LogP contribution >= 0.6 is 0 Å². The van der Waals surface area contributed by atoms with Gasteiger partial charge in [-0.15, -0.1) is 0 Å². The zero-order valence-corrected chi connectivity index (χ0v) is 18.6. The molecule has 4 amide bonds. The van der Waals surface area contributed by atoms with Crippen LogP contribution in [0.4, 0.5) is 10.5 Å². The van der Waals surface area contributed by atoms with Crippen molar-refractivity contribution in [3.8, 4) is 0 Å². The normalized spacial score (nSPS) is 17.4. The van der Waals surface area contributed by atoms with Crippen molar-refractivity contribution < 1.29 is 33.4 Å². The molecule has 10 nitrogen and oxygen atoms in total. The first-order valence-electron chi connectivity index (χ1n) is 9.92. The Hall–Kier alpha value is -4.21. The van der Waals surface area contributed by atoms with Crippen molar-refractivity contribution in [3.63, 3.8) is 0 Å². The first kappa shape index (κ1) is 23.5. The Morgan fingerprint density at radius 1 is 0.970 bits per heavy atom. The summed E-state index contributed by atoms with van der Waals surface area (Å²) in [5.41, 5.74) is 0.388. The first-order valence-corrected chi connectivity index (χ1v) is 9.92. The average Bonchev–Trinajstić information content (AvgIpc) is 3.01. The summed E-state index contributed by atoms with van der Waals surface area (Å²) in [5.74, 6) is -2.73. The van der Waals surface area contributed by atoms with Gasteiger partial charge in [-0.05, 0) is 37.6 Å². The summed E-state index contributed by atoms with van der Waals surface area (Å²) in [6.45, 7) is 2.90. The summed E-state index contributed by atoms with van der Waals surface area (Å²) in [4.78, 5) is 62.8. The first-order chi connectivity index (χ1) is 15.6. The van der Waals surface area contributed by atoms with Crippen molar-refractivity contribution in [1.29, 1.82) is 0 Å². The Kier molecular flexibility index (Phi) is 6.47. The van der Waals surface area contributed by atoms with Crippen LogP contribution in [0.15, 0.2) is 42.5 Å². The van der Waals surface area contributed by atoms with E-state index in [0.717, 1.165) is 10.5 Å². The summed E-state index contributed by atoms with van der Waals surface area (Å²) in [6.07, 6.45) is 0. The third kappa shape index (κ3) is 4.69. The molecule has 10 heteroatoms. The minimum atomic E-state index is -1.31. The lowest BCUT2D eigenvalue weighted by atomic mass is 9.91. The van der Waals surface area contributed by atoms with Crippen molar-refractivity contribution in [3.05, 3.63) is 64.7 Å². The van der Waals surface area contributed by atoms with Crippen LogP contribution < -0.4 is 10.6 Å². The van der Waals surface area contributed by atoms with Gasteiger partial charge in [-0.3, -0.25) is 14.5 Å². The van der Waals surface area contributed by atoms with Gasteiger partial charge < -0.3 is 20.1 Å². The highest BCUT2D eigenvalue weighted by Gasteiger charge is 2.49. The minimum absolute atomic E-state index is 0.0117. The smallest absolute Gasteiger partial charge is 0.337 e. The van der Waals surface area contributed by atoms with E-state index in [1.165, 1.54) is 32.4 Å². The highest BCUT2D eigenvalue weighted by Crippen LogP contribution is 2.29. The molecule has 2 aromatic carbocycles. The summed E-state index contributed by atoms with van der Waals surface area (Å²) in [5, 5.41) is 5.13. The molecule has 2 aromatic rings. The van der Waals surface area contributed by atoms with E-state index in [1.807, 2.05) is 19.1 Å². The second-order valence-corrected chi connectivity index (χ2v) is 7.64. The zero-order chi connectivity index (χ0) is 24.3. The van der Waals surface area contributed by atoms with E-state index in [0.29, 0.717) is 5.56 Å². The molecule has 1 fully saturated rings. The number of rotatable bonds is 6. The van der Waals surface area contributed by atoms with Crippen LogP contribution in [0.2, 0.25) is 0 Å². The summed E-state index contributed by atoms with van der Waals surface area (Å²) >= 11 is 0. The van der Waals surface area contributed by atoms with Gasteiger partial charge in [-0.25, -0.2) is 14.4 Å². The molecule has 0 radical (unpaired) electrons. The second kappa shape index (κ2) is 9.11. The van der Waals surface area contributed by atoms with Crippen LogP contribution in [0.1, 0.15) is 38.8 Å². The van der Waals surface area contributed by atoms with Crippen LogP contribution in [0.25, 0.3) is 0 Å². The molecule has 0 aliphatic carbocycles. The third-order valence-corrected chi connectivity index (χ3v) is 5.26. The number of benzene rings is 2. The fraction of sp³-hybridized carbons (Fsp3) is 0.261. The lowest BCUT2D eigenvalue weighted by molar-refractivity contribution is -0.133. The molecule has 0 saturated carbocycles. The molecule has 1 aliphatic heterocycles. The van der Waals surface area contributed by atoms with Gasteiger partial charge in [0, 0.05) is 5.69 Å². The van der Waals surface area contributed by atoms with E-state index in [9.17, 15) is 24.0 Å². The number of nitrogens with one attached hydrogen (secondary N) is 2. The van der Waals surface area contributed by atoms with Gasteiger partial charge in [-0.1, -0.05) is 29.8 Å². The van der Waals surface area contributed by atoms with Crippen LogP contribution in [-0.4, -0.2) is 55.4 Å². The molecule has 1 atom stereocenters. The van der Waals surface area contributed by atoms with E-state index in [2.05, 4.69) is 20.1 Å². The Balaban J connectivity index is 1.80. The molecule has 1 heterocycles. The van der Waals surface area contributed by atoms with E-state index < -0.39 is 41.9 Å². The molecule has 0 bridgehead atoms. The second-order valence-electron chi connectivity index (χ2n) is 7.64. The van der Waals surface area contributed by atoms with E-state index in [-0.39, 0.29) is 16.8 Å². The maximum atomic E-state index is 13.0. The van der Waals surface area contributed by atoms with E-state index in [1.54, 1.807) is 19.1 Å². The number of ether oxygens (including phenoxy) is 2. The summed E-state index contributed by atoms with van der Waals surface area (Å²) < 4.78 is 9.33. The number of carbonyl (C=O) groups is 5. The van der Waals surface area contributed by atoms with Crippen molar-refractivity contribution >= 4 is 35.5 Å². The van der Waals surface area contributed by atoms with Crippen LogP contribution in [-0.2, 0) is 24.6 Å². The SMILES string of the molecule is COC(=O)c1cc(NC(=O)CN2C(=O)NC(C)(c3ccc(C)cc3)C2=O)cc(C(=O)OC)c1. The quantitative estimate of drug-likeness (QED) is 0.505. The number of esters is 2. The highest BCUT2D eigenvalue weighted by molar-refractivity contribution is 6.10. The maximum Gasteiger partial charge on any atom is 0.337 e. The van der Waals surface area contributed by atoms with Crippen LogP contribution in [0.3, 0.4) is 0 Å². The third-order valence-electron chi connectivity index (χ3n) is 5.26. The number of methoxy groups -OCH3 is 2. The highest BCUT2D eigenvalue weighted by atomic mass is 16.5. The molecule has 33 heavy (non-hydrogen) atoms. The minimum Gasteiger partial charge on any atom is -0.465 e. The van der Waals surface area contributed by atoms with Gasteiger partial charge in [0.2, 0.25) is 5.91 Å². The van der Waals surface area contributed by atoms with Crippen molar-refractivity contribution in [2.45, 2.75) is 19.4 Å². The number of amides is 4. The van der Waals surface area contributed by atoms with Gasteiger partial charge in [0.05, 0.1) is 25.3 Å². The lowest BCUT2D eigenvalue weighted by Crippen LogP contribution is -2.42. The number of hydrogen-bond acceptors (Lipinski definition) is 7. The Morgan fingerprint density at radius 3 is 2.03 bits per heavy atom. The van der Waals surface area contributed by atoms with Crippen molar-refractivity contribution in [2.24, 2.45) is 0 Å². The molecule has 1 saturated heterocycles. The Bertz CT molecular complexity index is 1110. The van der Waals surface area contributed by atoms with Crippen LogP contribution in [0, 0.1) is 6.92 Å².